The van der Waals surface area contributed by atoms with Gasteiger partial charge >= 0.3 is 65.1 Å². The molecule has 1 saturated carbocycles. The molecular weight excluding hydrogens is 981 g/mol. The molecule has 0 unspecified atom stereocenters. The average Bonchev–Trinajstić information content (AvgIpc) is 3.31. The number of barbiturate groups is 1. The smallest absolute Gasteiger partial charge is 0.857 e. The summed E-state index contributed by atoms with van der Waals surface area (Å²) in [5.74, 6) is -1.08. The number of rotatable bonds is 7. The number of urea groups is 2. The fraction of sp³-hybridized carbons (Fsp3) is 0.533. The summed E-state index contributed by atoms with van der Waals surface area (Å²) in [6, 6.07) is 17.0. The molecule has 3 aliphatic heterocycles. The second-order valence-corrected chi connectivity index (χ2v) is 20.4. The third kappa shape index (κ3) is 41.1. The number of hydrogen-bond donors (Lipinski definition) is 5. The minimum absolute atomic E-state index is 0. The van der Waals surface area contributed by atoms with Crippen molar-refractivity contribution >= 4 is 73.3 Å². The second-order valence-electron chi connectivity index (χ2n) is 15.5. The minimum atomic E-state index is -1.46. The fourth-order valence-corrected chi connectivity index (χ4v) is 5.98. The fourth-order valence-electron chi connectivity index (χ4n) is 5.61. The van der Waals surface area contributed by atoms with Crippen molar-refractivity contribution in [3.63, 3.8) is 0 Å². The van der Waals surface area contributed by atoms with E-state index in [0.29, 0.717) is 17.5 Å². The van der Waals surface area contributed by atoms with Gasteiger partial charge in [0.25, 0.3) is 0 Å². The maximum Gasteiger partial charge on any atom is 1.00 e. The Balaban J connectivity index is -0.000000764. The maximum atomic E-state index is 11.6. The van der Waals surface area contributed by atoms with Gasteiger partial charge in [-0.1, -0.05) is 55.7 Å². The third-order valence-electron chi connectivity index (χ3n) is 8.85. The number of methoxy groups -OCH3 is 2. The van der Waals surface area contributed by atoms with E-state index < -0.39 is 49.7 Å². The first-order valence-electron chi connectivity index (χ1n) is 21.9. The molecule has 2 aromatic rings. The number of ether oxygens (including phenoxy) is 6. The van der Waals surface area contributed by atoms with Crippen LogP contribution in [0.3, 0.4) is 0 Å². The third-order valence-corrected chi connectivity index (χ3v) is 9.69. The van der Waals surface area contributed by atoms with Crippen LogP contribution in [0.15, 0.2) is 65.3 Å². The van der Waals surface area contributed by atoms with Crippen molar-refractivity contribution in [1.29, 1.82) is 0 Å². The molecule has 392 valence electrons. The Morgan fingerprint density at radius 2 is 1.24 bits per heavy atom. The number of nitrogens with two attached hydrogens (primary N) is 3. The molecule has 0 radical (unpaired) electrons. The zero-order valence-corrected chi connectivity index (χ0v) is 45.4. The van der Waals surface area contributed by atoms with Crippen LogP contribution in [0, 0.1) is 0 Å². The van der Waals surface area contributed by atoms with Gasteiger partial charge < -0.3 is 56.0 Å². The zero-order valence-electron chi connectivity index (χ0n) is 41.6. The summed E-state index contributed by atoms with van der Waals surface area (Å²) >= 11 is 4.95. The van der Waals surface area contributed by atoms with Crippen LogP contribution in [0.1, 0.15) is 70.6 Å². The number of carbonyl (C=O) groups is 8. The average molecular weight is 1050 g/mol. The van der Waals surface area contributed by atoms with Gasteiger partial charge in [-0.15, -0.1) is 0 Å². The molecule has 7 amide bonds. The van der Waals surface area contributed by atoms with E-state index in [4.69, 9.17) is 43.4 Å². The molecule has 2 aromatic carbocycles. The molecule has 6 rings (SSSR count). The predicted molar refractivity (Wildman–Crippen MR) is 257 cm³/mol. The predicted octanol–water partition coefficient (Wildman–Crippen LogP) is 1.17. The van der Waals surface area contributed by atoms with Crippen LogP contribution in [0.2, 0.25) is 19.6 Å². The van der Waals surface area contributed by atoms with E-state index in [1.807, 2.05) is 31.8 Å². The standard InChI is InChI=1S/C10H14N2O3.C7H5ClO2.C7H7NO2.C6H12N2O2.C5H11NO.C5H8O4.C4H9NOSi.CH3O.Na/c13-8-6-9(14)12(10(15)11-8)7-4-2-1-3-5-7;2*8-7(9)10-6-4-2-1-3-5-6;7-6(9)8-5-1-3-10-4-2-5;6-5-1-3-7-4-2-5;1-8-4(6)3-5(7)9-2;1-7(2,3)5-4-6;1-2;/h7H,1-6H2,(H,11,13,15);1-5H;1-5H,(H2,8,9);5H,1-4H2,(H3,7,8,9);5H,1-4,6H2;3H2,1-2H3;1-3H3;1H3;/q;;;;;;;-1;+1. The van der Waals surface area contributed by atoms with Gasteiger partial charge in [-0.25, -0.2) is 28.6 Å². The molecular formula is C45H69ClN7NaO16Si. The monoisotopic (exact) mass is 1050 g/mol. The second kappa shape index (κ2) is 43.5. The Kier molecular flexibility index (Phi) is 42.9. The van der Waals surface area contributed by atoms with Crippen molar-refractivity contribution in [3.05, 3.63) is 60.7 Å². The van der Waals surface area contributed by atoms with Crippen molar-refractivity contribution in [2.45, 2.75) is 108 Å². The summed E-state index contributed by atoms with van der Waals surface area (Å²) in [5, 5.41) is 13.1. The molecule has 71 heavy (non-hydrogen) atoms. The molecule has 26 heteroatoms. The summed E-state index contributed by atoms with van der Waals surface area (Å²) < 4.78 is 31.2. The van der Waals surface area contributed by atoms with E-state index in [1.54, 1.807) is 54.6 Å². The summed E-state index contributed by atoms with van der Waals surface area (Å²) in [4.78, 5) is 96.0. The van der Waals surface area contributed by atoms with Crippen molar-refractivity contribution in [2.75, 3.05) is 47.8 Å². The molecule has 1 aliphatic carbocycles. The number of primary amides is 2. The van der Waals surface area contributed by atoms with Crippen LogP contribution in [-0.4, -0.2) is 132 Å². The normalized spacial score (nSPS) is 15.1. The Bertz CT molecular complexity index is 1800. The van der Waals surface area contributed by atoms with Gasteiger partial charge in [-0.2, -0.15) is 7.11 Å². The van der Waals surface area contributed by atoms with Gasteiger partial charge in [0.05, 0.1) is 14.2 Å². The van der Waals surface area contributed by atoms with E-state index in [-0.39, 0.29) is 60.4 Å². The number of carbonyl (C=O) groups excluding carboxylic acids is 9. The van der Waals surface area contributed by atoms with Crippen LogP contribution in [0.4, 0.5) is 19.2 Å². The molecule has 23 nitrogen and oxygen atoms in total. The summed E-state index contributed by atoms with van der Waals surface area (Å²) in [5.41, 5.74) is 14.4. The molecule has 0 atom stereocenters. The van der Waals surface area contributed by atoms with Crippen LogP contribution in [0.25, 0.3) is 0 Å². The zero-order chi connectivity index (χ0) is 53.3. The first kappa shape index (κ1) is 70.0. The SMILES string of the molecule is COC(=O)CC(=O)OC.C[O-].C[Si](C)(C)N=C=O.NC(=O)NC1CCOCC1.NC(=O)Oc1ccccc1.NC1CCOCC1.O=C(Cl)Oc1ccccc1.O=C1CC(=O)N(C2CCCCC2)C(=O)N1.[Na+]. The number of isocyanates is 1. The number of nitrogens with one attached hydrogen (secondary N) is 2. The van der Waals surface area contributed by atoms with Gasteiger partial charge in [0.15, 0.2) is 8.24 Å². The number of para-hydroxylation sites is 2. The summed E-state index contributed by atoms with van der Waals surface area (Å²) in [6.45, 7) is 9.13. The van der Waals surface area contributed by atoms with Crippen molar-refractivity contribution in [3.8, 4) is 11.5 Å². The topological polar surface area (TPSA) is 350 Å². The molecule has 8 N–H and O–H groups in total. The maximum absolute atomic E-state index is 11.6. The van der Waals surface area contributed by atoms with Crippen LogP contribution in [0.5, 0.6) is 11.5 Å². The molecule has 0 bridgehead atoms. The molecule has 4 aliphatic rings. The first-order valence-corrected chi connectivity index (χ1v) is 25.7. The Hall–Kier alpha value is -5.27. The van der Waals surface area contributed by atoms with E-state index >= 15 is 0 Å². The number of benzene rings is 2. The van der Waals surface area contributed by atoms with E-state index in [0.717, 1.165) is 84.9 Å². The van der Waals surface area contributed by atoms with E-state index in [1.165, 1.54) is 25.5 Å². The van der Waals surface area contributed by atoms with Gasteiger partial charge in [-0.3, -0.25) is 29.4 Å². The van der Waals surface area contributed by atoms with E-state index in [2.05, 4.69) is 34.2 Å². The Morgan fingerprint density at radius 3 is 1.58 bits per heavy atom. The first-order chi connectivity index (χ1) is 33.2. The van der Waals surface area contributed by atoms with Crippen LogP contribution in [-0.2, 0) is 42.9 Å². The van der Waals surface area contributed by atoms with Gasteiger partial charge in [0.1, 0.15) is 24.3 Å². The largest absolute Gasteiger partial charge is 1.00 e. The van der Waals surface area contributed by atoms with Crippen molar-refractivity contribution < 1.29 is 106 Å². The van der Waals surface area contributed by atoms with E-state index in [9.17, 15) is 43.2 Å². The number of amides is 7. The van der Waals surface area contributed by atoms with Crippen molar-refractivity contribution in [1.82, 2.24) is 15.5 Å². The van der Waals surface area contributed by atoms with Crippen LogP contribution >= 0.6 is 11.6 Å². The van der Waals surface area contributed by atoms with Gasteiger partial charge in [0.2, 0.25) is 17.9 Å². The van der Waals surface area contributed by atoms with Crippen LogP contribution < -0.4 is 72.0 Å². The molecule has 3 saturated heterocycles. The minimum Gasteiger partial charge on any atom is -0.857 e. The van der Waals surface area contributed by atoms with Crippen molar-refractivity contribution in [2.24, 2.45) is 21.9 Å². The van der Waals surface area contributed by atoms with Gasteiger partial charge in [-0.05, 0) is 82.4 Å². The number of nitrogens with zero attached hydrogens (tertiary/aromatic N) is 2. The Labute approximate surface area is 442 Å². The molecule has 4 fully saturated rings. The number of imide groups is 2. The number of esters is 2. The number of hydrogen-bond acceptors (Lipinski definition) is 18. The number of halogens is 1. The molecule has 0 spiro atoms. The Morgan fingerprint density at radius 1 is 0.789 bits per heavy atom. The molecule has 0 aromatic heterocycles. The quantitative estimate of drug-likeness (QED) is 0.0649. The van der Waals surface area contributed by atoms with Gasteiger partial charge in [0, 0.05) is 56.2 Å². The summed E-state index contributed by atoms with van der Waals surface area (Å²) in [6.07, 6.45) is 9.10. The molecule has 3 heterocycles. The summed E-state index contributed by atoms with van der Waals surface area (Å²) in [7, 11) is 1.72.